The maximum absolute atomic E-state index is 13.7. The van der Waals surface area contributed by atoms with E-state index < -0.39 is 38.2 Å². The number of carboxylic acid groups (broad SMARTS) is 1. The summed E-state index contributed by atoms with van der Waals surface area (Å²) >= 11 is 12.5. The standard InChI is InChI=1S/C36H30Cl2F3N3O4S.ClH/c37-25-8-3-21(4-9-25)33(22-5-10-26(38)11-6-22)24-7-14-31-32(19-24)44(34(42-31)23-1-2-23)27-15-17-43(18-16-27)49(47,48)28-12-13-29(35(45)46)30(20-28)36(39,40)41;/h3-14,19-20,23,27,33H,1-2,15-18H2,(H,45,46);1H. The number of sulfonamides is 1. The van der Waals surface area contributed by atoms with Crippen molar-refractivity contribution in [2.24, 2.45) is 0 Å². The van der Waals surface area contributed by atoms with Crippen molar-refractivity contribution < 1.29 is 31.5 Å². The predicted molar refractivity (Wildman–Crippen MR) is 188 cm³/mol. The van der Waals surface area contributed by atoms with Crippen LogP contribution in [0, 0.1) is 0 Å². The second kappa shape index (κ2) is 13.8. The molecule has 2 fully saturated rings. The van der Waals surface area contributed by atoms with Crippen molar-refractivity contribution in [3.63, 3.8) is 0 Å². The molecule has 2 aliphatic rings. The molecule has 1 aromatic heterocycles. The van der Waals surface area contributed by atoms with Crippen LogP contribution in [0.4, 0.5) is 13.2 Å². The average molecular weight is 765 g/mol. The Morgan fingerprint density at radius 1 is 0.820 bits per heavy atom. The number of nitrogens with zero attached hydrogens (tertiary/aromatic N) is 3. The van der Waals surface area contributed by atoms with Crippen LogP contribution in [0.2, 0.25) is 10.0 Å². The summed E-state index contributed by atoms with van der Waals surface area (Å²) in [6.07, 6.45) is -2.17. The molecule has 0 spiro atoms. The molecule has 1 aliphatic carbocycles. The minimum Gasteiger partial charge on any atom is -0.478 e. The van der Waals surface area contributed by atoms with Crippen LogP contribution in [0.25, 0.3) is 11.0 Å². The number of alkyl halides is 3. The maximum Gasteiger partial charge on any atom is 0.417 e. The normalized spacial score (nSPS) is 16.1. The first-order valence-electron chi connectivity index (χ1n) is 15.8. The lowest BCUT2D eigenvalue weighted by Gasteiger charge is -2.33. The van der Waals surface area contributed by atoms with Gasteiger partial charge in [0, 0.05) is 41.0 Å². The van der Waals surface area contributed by atoms with Crippen LogP contribution in [-0.2, 0) is 16.2 Å². The number of aromatic carboxylic acids is 1. The van der Waals surface area contributed by atoms with Gasteiger partial charge in [-0.1, -0.05) is 53.5 Å². The van der Waals surface area contributed by atoms with Crippen molar-refractivity contribution in [2.75, 3.05) is 13.1 Å². The number of piperidine rings is 1. The molecule has 0 atom stereocenters. The molecule has 0 unspecified atom stereocenters. The highest BCUT2D eigenvalue weighted by molar-refractivity contribution is 7.89. The van der Waals surface area contributed by atoms with Gasteiger partial charge in [0.15, 0.2) is 0 Å². The fourth-order valence-electron chi connectivity index (χ4n) is 6.80. The lowest BCUT2D eigenvalue weighted by Crippen LogP contribution is -2.39. The van der Waals surface area contributed by atoms with Crippen LogP contribution in [0.5, 0.6) is 0 Å². The molecule has 0 radical (unpaired) electrons. The smallest absolute Gasteiger partial charge is 0.417 e. The van der Waals surface area contributed by atoms with Crippen molar-refractivity contribution in [1.82, 2.24) is 13.9 Å². The van der Waals surface area contributed by atoms with E-state index in [1.807, 2.05) is 54.6 Å². The summed E-state index contributed by atoms with van der Waals surface area (Å²) in [4.78, 5) is 15.8. The summed E-state index contributed by atoms with van der Waals surface area (Å²) in [6, 6.07) is 23.6. The van der Waals surface area contributed by atoms with Crippen LogP contribution in [0.1, 0.15) is 82.0 Å². The largest absolute Gasteiger partial charge is 0.478 e. The molecule has 5 aromatic rings. The highest BCUT2D eigenvalue weighted by Crippen LogP contribution is 2.44. The highest BCUT2D eigenvalue weighted by atomic mass is 35.5. The molecular formula is C36H31Cl3F3N3O4S. The Bertz CT molecular complexity index is 2120. The molecular weight excluding hydrogens is 734 g/mol. The number of hydrogen-bond acceptors (Lipinski definition) is 4. The lowest BCUT2D eigenvalue weighted by molar-refractivity contribution is -0.138. The summed E-state index contributed by atoms with van der Waals surface area (Å²) in [7, 11) is -4.32. The molecule has 50 heavy (non-hydrogen) atoms. The number of fused-ring (bicyclic) bond motifs is 1. The molecule has 1 aliphatic heterocycles. The van der Waals surface area contributed by atoms with Crippen molar-refractivity contribution in [2.45, 2.75) is 54.6 Å². The molecule has 1 saturated carbocycles. The van der Waals surface area contributed by atoms with Gasteiger partial charge in [-0.15, -0.1) is 12.4 Å². The Labute approximate surface area is 303 Å². The Morgan fingerprint density at radius 3 is 1.90 bits per heavy atom. The minimum absolute atomic E-state index is 0. The van der Waals surface area contributed by atoms with Gasteiger partial charge in [0.25, 0.3) is 0 Å². The van der Waals surface area contributed by atoms with Crippen LogP contribution in [-0.4, -0.2) is 46.4 Å². The van der Waals surface area contributed by atoms with Gasteiger partial charge in [-0.3, -0.25) is 0 Å². The summed E-state index contributed by atoms with van der Waals surface area (Å²) in [5.74, 6) is -0.656. The molecule has 4 aromatic carbocycles. The lowest BCUT2D eigenvalue weighted by atomic mass is 9.85. The Kier molecular flexibility index (Phi) is 10.0. The molecule has 0 bridgehead atoms. The molecule has 2 heterocycles. The second-order valence-electron chi connectivity index (χ2n) is 12.5. The van der Waals surface area contributed by atoms with Crippen LogP contribution < -0.4 is 0 Å². The Morgan fingerprint density at radius 2 is 1.38 bits per heavy atom. The van der Waals surface area contributed by atoms with E-state index in [-0.39, 0.29) is 37.5 Å². The van der Waals surface area contributed by atoms with Gasteiger partial charge >= 0.3 is 12.1 Å². The van der Waals surface area contributed by atoms with E-state index in [4.69, 9.17) is 28.2 Å². The second-order valence-corrected chi connectivity index (χ2v) is 15.4. The highest BCUT2D eigenvalue weighted by Gasteiger charge is 2.39. The molecule has 1 N–H and O–H groups in total. The van der Waals surface area contributed by atoms with Gasteiger partial charge < -0.3 is 9.67 Å². The van der Waals surface area contributed by atoms with Gasteiger partial charge in [-0.05, 0) is 97.0 Å². The monoisotopic (exact) mass is 763 g/mol. The quantitative estimate of drug-likeness (QED) is 0.159. The van der Waals surface area contributed by atoms with E-state index in [1.165, 1.54) is 4.31 Å². The number of carbonyl (C=O) groups is 1. The fraction of sp³-hybridized carbons (Fsp3) is 0.278. The first-order chi connectivity index (χ1) is 23.3. The maximum atomic E-state index is 13.7. The number of hydrogen-bond donors (Lipinski definition) is 1. The first kappa shape index (κ1) is 36.2. The van der Waals surface area contributed by atoms with Gasteiger partial charge in [0.05, 0.1) is 27.1 Å². The van der Waals surface area contributed by atoms with Crippen molar-refractivity contribution in [1.29, 1.82) is 0 Å². The summed E-state index contributed by atoms with van der Waals surface area (Å²) in [5, 5.41) is 10.5. The Balaban J connectivity index is 0.00000432. The molecule has 7 rings (SSSR count). The molecule has 14 heteroatoms. The number of benzene rings is 4. The number of rotatable bonds is 8. The van der Waals surface area contributed by atoms with Crippen molar-refractivity contribution in [3.8, 4) is 0 Å². The SMILES string of the molecule is Cl.O=C(O)c1ccc(S(=O)(=O)N2CCC(n3c(C4CC4)nc4ccc(C(c5ccc(Cl)cc5)c5ccc(Cl)cc5)cc43)CC2)cc1C(F)(F)F. The minimum atomic E-state index is -5.03. The first-order valence-corrected chi connectivity index (χ1v) is 18.0. The van der Waals surface area contributed by atoms with Crippen LogP contribution in [0.3, 0.4) is 0 Å². The van der Waals surface area contributed by atoms with Gasteiger partial charge in [-0.2, -0.15) is 17.5 Å². The van der Waals surface area contributed by atoms with E-state index in [0.29, 0.717) is 40.9 Å². The summed E-state index contributed by atoms with van der Waals surface area (Å²) < 4.78 is 71.5. The van der Waals surface area contributed by atoms with Gasteiger partial charge in [0.1, 0.15) is 5.82 Å². The molecule has 262 valence electrons. The van der Waals surface area contributed by atoms with E-state index in [0.717, 1.165) is 52.5 Å². The zero-order valence-corrected chi connectivity index (χ0v) is 29.4. The number of carboxylic acids is 1. The zero-order valence-electron chi connectivity index (χ0n) is 26.3. The van der Waals surface area contributed by atoms with Crippen LogP contribution in [0.15, 0.2) is 89.8 Å². The Hall–Kier alpha value is -3.61. The third kappa shape index (κ3) is 6.98. The summed E-state index contributed by atoms with van der Waals surface area (Å²) in [6.45, 7) is 0.160. The number of halogens is 6. The van der Waals surface area contributed by atoms with E-state index in [1.54, 1.807) is 0 Å². The molecule has 7 nitrogen and oxygen atoms in total. The third-order valence-corrected chi connectivity index (χ3v) is 11.8. The number of imidazole rings is 1. The van der Waals surface area contributed by atoms with Crippen LogP contribution >= 0.6 is 35.6 Å². The van der Waals surface area contributed by atoms with E-state index in [9.17, 15) is 31.5 Å². The van der Waals surface area contributed by atoms with Gasteiger partial charge in [0.2, 0.25) is 10.0 Å². The van der Waals surface area contributed by atoms with E-state index in [2.05, 4.69) is 16.7 Å². The van der Waals surface area contributed by atoms with Crippen molar-refractivity contribution >= 4 is 62.6 Å². The number of aromatic nitrogens is 2. The third-order valence-electron chi connectivity index (χ3n) is 9.38. The molecule has 1 saturated heterocycles. The predicted octanol–water partition coefficient (Wildman–Crippen LogP) is 9.57. The fourth-order valence-corrected chi connectivity index (χ4v) is 8.55. The topological polar surface area (TPSA) is 92.5 Å². The zero-order chi connectivity index (χ0) is 34.7. The average Bonchev–Trinajstić information content (AvgIpc) is 3.86. The van der Waals surface area contributed by atoms with Crippen molar-refractivity contribution in [3.05, 3.63) is 129 Å². The van der Waals surface area contributed by atoms with E-state index >= 15 is 0 Å². The van der Waals surface area contributed by atoms with Gasteiger partial charge in [-0.25, -0.2) is 18.2 Å². The summed E-state index contributed by atoms with van der Waals surface area (Å²) in [5.41, 5.74) is 2.40. The molecule has 0 amide bonds.